The number of carbonyl (C=O) groups is 1. The van der Waals surface area contributed by atoms with E-state index >= 15 is 0 Å². The molecule has 1 aromatic rings. The molecule has 1 amide bonds. The van der Waals surface area contributed by atoms with Crippen molar-refractivity contribution in [3.63, 3.8) is 0 Å². The van der Waals surface area contributed by atoms with Gasteiger partial charge in [-0.05, 0) is 69.9 Å². The molecule has 0 bridgehead atoms. The SMILES string of the molecule is COc1cccc(C(=O)N(CCCN2CCCC2)C2CCOCC2)c1. The van der Waals surface area contributed by atoms with Gasteiger partial charge >= 0.3 is 0 Å². The average Bonchev–Trinajstić information content (AvgIpc) is 3.19. The molecule has 0 radical (unpaired) electrons. The molecular formula is C20H30N2O3. The number of hydrogen-bond acceptors (Lipinski definition) is 4. The summed E-state index contributed by atoms with van der Waals surface area (Å²) in [6, 6.07) is 7.78. The summed E-state index contributed by atoms with van der Waals surface area (Å²) in [6.45, 7) is 5.82. The summed E-state index contributed by atoms with van der Waals surface area (Å²) in [4.78, 5) is 17.7. The van der Waals surface area contributed by atoms with Crippen LogP contribution in [0, 0.1) is 0 Å². The normalized spacial score (nSPS) is 19.1. The number of ether oxygens (including phenoxy) is 2. The minimum Gasteiger partial charge on any atom is -0.497 e. The third-order valence-corrected chi connectivity index (χ3v) is 5.28. The summed E-state index contributed by atoms with van der Waals surface area (Å²) in [5.41, 5.74) is 0.715. The van der Waals surface area contributed by atoms with E-state index < -0.39 is 0 Å². The van der Waals surface area contributed by atoms with Crippen LogP contribution in [-0.2, 0) is 4.74 Å². The predicted molar refractivity (Wildman–Crippen MR) is 98.2 cm³/mol. The van der Waals surface area contributed by atoms with E-state index in [1.807, 2.05) is 24.3 Å². The average molecular weight is 346 g/mol. The van der Waals surface area contributed by atoms with Gasteiger partial charge < -0.3 is 19.3 Å². The second-order valence-corrected chi connectivity index (χ2v) is 6.98. The molecule has 2 saturated heterocycles. The molecule has 0 N–H and O–H groups in total. The van der Waals surface area contributed by atoms with Crippen molar-refractivity contribution in [1.29, 1.82) is 0 Å². The Bertz CT molecular complexity index is 552. The Morgan fingerprint density at radius 1 is 1.28 bits per heavy atom. The maximum Gasteiger partial charge on any atom is 0.254 e. The van der Waals surface area contributed by atoms with E-state index in [-0.39, 0.29) is 11.9 Å². The molecule has 0 aliphatic carbocycles. The van der Waals surface area contributed by atoms with Crippen molar-refractivity contribution in [2.45, 2.75) is 38.1 Å². The van der Waals surface area contributed by atoms with Crippen LogP contribution in [0.1, 0.15) is 42.5 Å². The maximum atomic E-state index is 13.2. The first-order valence-electron chi connectivity index (χ1n) is 9.53. The molecule has 2 aliphatic rings. The minimum atomic E-state index is 0.118. The van der Waals surface area contributed by atoms with Crippen LogP contribution in [0.25, 0.3) is 0 Å². The molecule has 5 heteroatoms. The van der Waals surface area contributed by atoms with E-state index in [1.54, 1.807) is 7.11 Å². The summed E-state index contributed by atoms with van der Waals surface area (Å²) >= 11 is 0. The highest BCUT2D eigenvalue weighted by Crippen LogP contribution is 2.21. The van der Waals surface area contributed by atoms with Crippen molar-refractivity contribution in [1.82, 2.24) is 9.80 Å². The molecule has 2 heterocycles. The summed E-state index contributed by atoms with van der Waals surface area (Å²) < 4.78 is 10.8. The molecule has 1 aromatic carbocycles. The van der Waals surface area contributed by atoms with E-state index in [0.29, 0.717) is 5.56 Å². The van der Waals surface area contributed by atoms with Gasteiger partial charge in [-0.25, -0.2) is 0 Å². The van der Waals surface area contributed by atoms with Gasteiger partial charge in [0, 0.05) is 31.4 Å². The summed E-state index contributed by atoms with van der Waals surface area (Å²) in [6.07, 6.45) is 5.52. The number of likely N-dealkylation sites (tertiary alicyclic amines) is 1. The molecule has 0 atom stereocenters. The van der Waals surface area contributed by atoms with Gasteiger partial charge in [-0.3, -0.25) is 4.79 Å². The zero-order valence-corrected chi connectivity index (χ0v) is 15.3. The van der Waals surface area contributed by atoms with Crippen molar-refractivity contribution in [2.75, 3.05) is 46.5 Å². The highest BCUT2D eigenvalue weighted by molar-refractivity contribution is 5.94. The monoisotopic (exact) mass is 346 g/mol. The fraction of sp³-hybridized carbons (Fsp3) is 0.650. The minimum absolute atomic E-state index is 0.118. The van der Waals surface area contributed by atoms with Gasteiger partial charge in [-0.15, -0.1) is 0 Å². The van der Waals surface area contributed by atoms with Gasteiger partial charge in [-0.2, -0.15) is 0 Å². The fourth-order valence-corrected chi connectivity index (χ4v) is 3.84. The number of amides is 1. The Hall–Kier alpha value is -1.59. The first-order valence-corrected chi connectivity index (χ1v) is 9.53. The van der Waals surface area contributed by atoms with E-state index in [1.165, 1.54) is 25.9 Å². The molecule has 25 heavy (non-hydrogen) atoms. The highest BCUT2D eigenvalue weighted by atomic mass is 16.5. The Morgan fingerprint density at radius 2 is 2.04 bits per heavy atom. The molecule has 2 aliphatic heterocycles. The van der Waals surface area contributed by atoms with Crippen LogP contribution in [0.3, 0.4) is 0 Å². The van der Waals surface area contributed by atoms with Crippen molar-refractivity contribution >= 4 is 5.91 Å². The van der Waals surface area contributed by atoms with E-state index in [9.17, 15) is 4.79 Å². The quantitative estimate of drug-likeness (QED) is 0.761. The van der Waals surface area contributed by atoms with Gasteiger partial charge in [0.1, 0.15) is 5.75 Å². The highest BCUT2D eigenvalue weighted by Gasteiger charge is 2.27. The van der Waals surface area contributed by atoms with Crippen molar-refractivity contribution < 1.29 is 14.3 Å². The Balaban J connectivity index is 1.66. The third kappa shape index (κ3) is 4.95. The van der Waals surface area contributed by atoms with Gasteiger partial charge in [0.05, 0.1) is 7.11 Å². The van der Waals surface area contributed by atoms with Crippen molar-refractivity contribution in [3.05, 3.63) is 29.8 Å². The van der Waals surface area contributed by atoms with Gasteiger partial charge in [-0.1, -0.05) is 6.07 Å². The zero-order chi connectivity index (χ0) is 17.5. The topological polar surface area (TPSA) is 42.0 Å². The van der Waals surface area contributed by atoms with E-state index in [2.05, 4.69) is 9.80 Å². The van der Waals surface area contributed by atoms with E-state index in [4.69, 9.17) is 9.47 Å². The van der Waals surface area contributed by atoms with Crippen LogP contribution in [-0.4, -0.2) is 68.3 Å². The molecule has 138 valence electrons. The second kappa shape index (κ2) is 9.20. The number of benzene rings is 1. The smallest absolute Gasteiger partial charge is 0.254 e. The third-order valence-electron chi connectivity index (χ3n) is 5.28. The van der Waals surface area contributed by atoms with Crippen LogP contribution < -0.4 is 4.74 Å². The van der Waals surface area contributed by atoms with Gasteiger partial charge in [0.2, 0.25) is 0 Å². The first kappa shape index (κ1) is 18.2. The lowest BCUT2D eigenvalue weighted by molar-refractivity contribution is 0.0281. The molecule has 2 fully saturated rings. The van der Waals surface area contributed by atoms with Gasteiger partial charge in [0.25, 0.3) is 5.91 Å². The molecule has 5 nitrogen and oxygen atoms in total. The second-order valence-electron chi connectivity index (χ2n) is 6.98. The molecule has 0 spiro atoms. The standard InChI is InChI=1S/C20H30N2O3/c1-24-19-7-4-6-17(16-19)20(23)22(18-8-14-25-15-9-18)13-5-12-21-10-2-3-11-21/h4,6-7,16,18H,2-3,5,8-15H2,1H3. The summed E-state index contributed by atoms with van der Waals surface area (Å²) in [5, 5.41) is 0. The fourth-order valence-electron chi connectivity index (χ4n) is 3.84. The maximum absolute atomic E-state index is 13.2. The lowest BCUT2D eigenvalue weighted by Crippen LogP contribution is -2.44. The molecule has 0 saturated carbocycles. The largest absolute Gasteiger partial charge is 0.497 e. The first-order chi connectivity index (χ1) is 12.3. The summed E-state index contributed by atoms with van der Waals surface area (Å²) in [7, 11) is 1.63. The Morgan fingerprint density at radius 3 is 2.76 bits per heavy atom. The van der Waals surface area contributed by atoms with Crippen molar-refractivity contribution in [3.8, 4) is 5.75 Å². The van der Waals surface area contributed by atoms with Crippen LogP contribution in [0.4, 0.5) is 0 Å². The number of carbonyl (C=O) groups excluding carboxylic acids is 1. The van der Waals surface area contributed by atoms with Crippen LogP contribution in [0.5, 0.6) is 5.75 Å². The lowest BCUT2D eigenvalue weighted by Gasteiger charge is -2.35. The molecule has 3 rings (SSSR count). The summed E-state index contributed by atoms with van der Waals surface area (Å²) in [5.74, 6) is 0.849. The molecule has 0 unspecified atom stereocenters. The van der Waals surface area contributed by atoms with Gasteiger partial charge in [0.15, 0.2) is 0 Å². The van der Waals surface area contributed by atoms with Crippen molar-refractivity contribution in [2.24, 2.45) is 0 Å². The number of nitrogens with zero attached hydrogens (tertiary/aromatic N) is 2. The number of rotatable bonds is 7. The molecular weight excluding hydrogens is 316 g/mol. The lowest BCUT2D eigenvalue weighted by atomic mass is 10.0. The Kier molecular flexibility index (Phi) is 6.70. The zero-order valence-electron chi connectivity index (χ0n) is 15.3. The number of hydrogen-bond donors (Lipinski definition) is 0. The van der Waals surface area contributed by atoms with Crippen LogP contribution in [0.2, 0.25) is 0 Å². The predicted octanol–water partition coefficient (Wildman–Crippen LogP) is 2.80. The Labute approximate surface area is 150 Å². The van der Waals surface area contributed by atoms with E-state index in [0.717, 1.165) is 51.3 Å². The van der Waals surface area contributed by atoms with Crippen LogP contribution in [0.15, 0.2) is 24.3 Å². The molecule has 0 aromatic heterocycles. The number of methoxy groups -OCH3 is 1. The van der Waals surface area contributed by atoms with Crippen LogP contribution >= 0.6 is 0 Å².